The highest BCUT2D eigenvalue weighted by Gasteiger charge is 2.25. The topological polar surface area (TPSA) is 75.1 Å². The number of halogens is 1. The van der Waals surface area contributed by atoms with E-state index in [0.29, 0.717) is 5.92 Å². The van der Waals surface area contributed by atoms with Crippen molar-refractivity contribution in [1.82, 2.24) is 9.97 Å². The molecule has 0 aliphatic heterocycles. The van der Waals surface area contributed by atoms with Crippen LogP contribution in [0.1, 0.15) is 25.7 Å². The smallest absolute Gasteiger partial charge is 0.306 e. The summed E-state index contributed by atoms with van der Waals surface area (Å²) in [6.45, 7) is 0.852. The van der Waals surface area contributed by atoms with Crippen molar-refractivity contribution in [2.24, 2.45) is 11.8 Å². The van der Waals surface area contributed by atoms with Crippen LogP contribution in [0.5, 0.6) is 0 Å². The molecule has 0 atom stereocenters. The van der Waals surface area contributed by atoms with Gasteiger partial charge in [-0.1, -0.05) is 17.4 Å². The molecule has 122 valence electrons. The van der Waals surface area contributed by atoms with Gasteiger partial charge in [-0.15, -0.1) is 0 Å². The van der Waals surface area contributed by atoms with Crippen LogP contribution in [0, 0.1) is 11.8 Å². The Hall–Kier alpha value is -1.47. The molecule has 3 rings (SSSR count). The predicted molar refractivity (Wildman–Crippen MR) is 94.6 cm³/mol. The average Bonchev–Trinajstić information content (AvgIpc) is 3.02. The minimum atomic E-state index is -0.650. The van der Waals surface area contributed by atoms with Crippen LogP contribution in [-0.4, -0.2) is 27.6 Å². The molecular weight excluding hydrogens is 378 g/mol. The first kappa shape index (κ1) is 16.4. The summed E-state index contributed by atoms with van der Waals surface area (Å²) in [6, 6.07) is 5.83. The third-order valence-electron chi connectivity index (χ3n) is 4.21. The summed E-state index contributed by atoms with van der Waals surface area (Å²) in [5.41, 5.74) is 0.909. The van der Waals surface area contributed by atoms with E-state index in [0.717, 1.165) is 52.5 Å². The predicted octanol–water partition coefficient (Wildman–Crippen LogP) is 4.27. The van der Waals surface area contributed by atoms with Gasteiger partial charge in [0.2, 0.25) is 0 Å². The third kappa shape index (κ3) is 4.29. The van der Waals surface area contributed by atoms with Gasteiger partial charge in [-0.05, 0) is 59.7 Å². The second-order valence-corrected chi connectivity index (χ2v) is 7.66. The number of carboxylic acids is 1. The zero-order valence-electron chi connectivity index (χ0n) is 12.5. The quantitative estimate of drug-likeness (QED) is 0.739. The number of carbonyl (C=O) groups is 1. The number of thiazole rings is 1. The number of nitrogens with zero attached hydrogens (tertiary/aromatic N) is 2. The first-order chi connectivity index (χ1) is 11.1. The molecule has 7 heteroatoms. The molecule has 23 heavy (non-hydrogen) atoms. The van der Waals surface area contributed by atoms with Crippen LogP contribution in [0.2, 0.25) is 0 Å². The second-order valence-electron chi connectivity index (χ2n) is 5.81. The van der Waals surface area contributed by atoms with E-state index in [1.165, 1.54) is 0 Å². The summed E-state index contributed by atoms with van der Waals surface area (Å²) in [6.07, 6.45) is 5.34. The number of rotatable bonds is 5. The van der Waals surface area contributed by atoms with Gasteiger partial charge in [0.05, 0.1) is 16.5 Å². The first-order valence-corrected chi connectivity index (χ1v) is 9.28. The van der Waals surface area contributed by atoms with E-state index < -0.39 is 5.97 Å². The molecule has 1 aliphatic carbocycles. The molecule has 0 amide bonds. The van der Waals surface area contributed by atoms with Crippen LogP contribution >= 0.6 is 27.3 Å². The Morgan fingerprint density at radius 1 is 1.35 bits per heavy atom. The zero-order chi connectivity index (χ0) is 16.2. The fourth-order valence-corrected chi connectivity index (χ4v) is 4.00. The van der Waals surface area contributed by atoms with E-state index in [-0.39, 0.29) is 5.92 Å². The molecule has 0 radical (unpaired) electrons. The Morgan fingerprint density at radius 2 is 2.13 bits per heavy atom. The summed E-state index contributed by atoms with van der Waals surface area (Å²) in [4.78, 5) is 20.8. The summed E-state index contributed by atoms with van der Waals surface area (Å²) >= 11 is 4.97. The molecule has 2 N–H and O–H groups in total. The van der Waals surface area contributed by atoms with E-state index in [1.807, 2.05) is 24.4 Å². The van der Waals surface area contributed by atoms with Crippen LogP contribution in [0.25, 0.3) is 10.6 Å². The zero-order valence-corrected chi connectivity index (χ0v) is 14.9. The van der Waals surface area contributed by atoms with Gasteiger partial charge in [-0.3, -0.25) is 4.79 Å². The maximum atomic E-state index is 11.0. The van der Waals surface area contributed by atoms with Crippen molar-refractivity contribution in [1.29, 1.82) is 0 Å². The van der Waals surface area contributed by atoms with Gasteiger partial charge in [0.1, 0.15) is 4.60 Å². The maximum absolute atomic E-state index is 11.0. The molecule has 0 bridgehead atoms. The van der Waals surface area contributed by atoms with Crippen LogP contribution in [0.15, 0.2) is 29.0 Å². The van der Waals surface area contributed by atoms with Crippen molar-refractivity contribution >= 4 is 38.4 Å². The van der Waals surface area contributed by atoms with Crippen molar-refractivity contribution in [3.05, 3.63) is 29.0 Å². The second kappa shape index (κ2) is 7.40. The van der Waals surface area contributed by atoms with Gasteiger partial charge in [0.25, 0.3) is 0 Å². The number of hydrogen-bond acceptors (Lipinski definition) is 5. The van der Waals surface area contributed by atoms with Gasteiger partial charge < -0.3 is 10.4 Å². The van der Waals surface area contributed by atoms with Gasteiger partial charge >= 0.3 is 5.97 Å². The van der Waals surface area contributed by atoms with E-state index in [2.05, 4.69) is 31.2 Å². The number of aliphatic carboxylic acids is 1. The monoisotopic (exact) mass is 395 g/mol. The van der Waals surface area contributed by atoms with Gasteiger partial charge in [-0.25, -0.2) is 9.97 Å². The van der Waals surface area contributed by atoms with Gasteiger partial charge in [-0.2, -0.15) is 0 Å². The lowest BCUT2D eigenvalue weighted by atomic mass is 9.82. The largest absolute Gasteiger partial charge is 0.481 e. The van der Waals surface area contributed by atoms with E-state index in [9.17, 15) is 4.79 Å². The fourth-order valence-electron chi connectivity index (χ4n) is 2.86. The molecule has 0 saturated heterocycles. The minimum Gasteiger partial charge on any atom is -0.481 e. The van der Waals surface area contributed by atoms with Crippen molar-refractivity contribution in [2.45, 2.75) is 25.7 Å². The van der Waals surface area contributed by atoms with Crippen LogP contribution in [0.3, 0.4) is 0 Å². The van der Waals surface area contributed by atoms with Crippen molar-refractivity contribution < 1.29 is 9.90 Å². The van der Waals surface area contributed by atoms with Crippen LogP contribution in [0.4, 0.5) is 5.13 Å². The SMILES string of the molecule is O=C(O)C1CCC(CNc2ncc(-c3cccc(Br)n3)s2)CC1. The molecule has 1 fully saturated rings. The molecule has 1 saturated carbocycles. The number of hydrogen-bond donors (Lipinski definition) is 2. The van der Waals surface area contributed by atoms with Gasteiger partial charge in [0, 0.05) is 12.7 Å². The Kier molecular flexibility index (Phi) is 5.27. The molecule has 0 aromatic carbocycles. The maximum Gasteiger partial charge on any atom is 0.306 e. The number of anilines is 1. The summed E-state index contributed by atoms with van der Waals surface area (Å²) in [5, 5.41) is 13.3. The molecule has 2 heterocycles. The normalized spacial score (nSPS) is 21.1. The Labute approximate surface area is 147 Å². The Bertz CT molecular complexity index is 683. The highest BCUT2D eigenvalue weighted by molar-refractivity contribution is 9.10. The summed E-state index contributed by atoms with van der Waals surface area (Å²) in [7, 11) is 0. The number of carboxylic acid groups (broad SMARTS) is 1. The minimum absolute atomic E-state index is 0.152. The number of pyridine rings is 1. The standard InChI is InChI=1S/C16H18BrN3O2S/c17-14-3-1-2-12(20-14)13-9-19-16(23-13)18-8-10-4-6-11(7-5-10)15(21)22/h1-3,9-11H,4-8H2,(H,18,19)(H,21,22). The first-order valence-electron chi connectivity index (χ1n) is 7.67. The molecule has 0 unspecified atom stereocenters. The van der Waals surface area contributed by atoms with Crippen molar-refractivity contribution in [3.8, 4) is 10.6 Å². The lowest BCUT2D eigenvalue weighted by molar-refractivity contribution is -0.143. The van der Waals surface area contributed by atoms with E-state index >= 15 is 0 Å². The number of nitrogens with one attached hydrogen (secondary N) is 1. The van der Waals surface area contributed by atoms with Crippen LogP contribution < -0.4 is 5.32 Å². The van der Waals surface area contributed by atoms with Crippen molar-refractivity contribution in [3.63, 3.8) is 0 Å². The average molecular weight is 396 g/mol. The molecule has 2 aromatic heterocycles. The molecular formula is C16H18BrN3O2S. The lowest BCUT2D eigenvalue weighted by Gasteiger charge is -2.26. The highest BCUT2D eigenvalue weighted by atomic mass is 79.9. The molecule has 2 aromatic rings. The van der Waals surface area contributed by atoms with E-state index in [1.54, 1.807) is 11.3 Å². The lowest BCUT2D eigenvalue weighted by Crippen LogP contribution is -2.25. The fraction of sp³-hybridized carbons (Fsp3) is 0.438. The van der Waals surface area contributed by atoms with Gasteiger partial charge in [0.15, 0.2) is 5.13 Å². The number of aromatic nitrogens is 2. The Morgan fingerprint density at radius 3 is 2.83 bits per heavy atom. The van der Waals surface area contributed by atoms with Crippen LogP contribution in [-0.2, 0) is 4.79 Å². The highest BCUT2D eigenvalue weighted by Crippen LogP contribution is 2.31. The molecule has 0 spiro atoms. The Balaban J connectivity index is 1.53. The molecule has 5 nitrogen and oxygen atoms in total. The van der Waals surface area contributed by atoms with E-state index in [4.69, 9.17) is 5.11 Å². The summed E-state index contributed by atoms with van der Waals surface area (Å²) < 4.78 is 0.813. The summed E-state index contributed by atoms with van der Waals surface area (Å²) in [5.74, 6) is -0.273. The molecule has 1 aliphatic rings. The van der Waals surface area contributed by atoms with Crippen molar-refractivity contribution in [2.75, 3.05) is 11.9 Å². The third-order valence-corrected chi connectivity index (χ3v) is 5.63.